The number of amides is 1. The summed E-state index contributed by atoms with van der Waals surface area (Å²) >= 11 is 0. The first kappa shape index (κ1) is 19.4. The van der Waals surface area contributed by atoms with Crippen molar-refractivity contribution in [1.29, 1.82) is 0 Å². The van der Waals surface area contributed by atoms with E-state index in [9.17, 15) is 17.6 Å². The molecule has 1 aromatic heterocycles. The predicted octanol–water partition coefficient (Wildman–Crippen LogP) is 3.96. The van der Waals surface area contributed by atoms with Crippen LogP contribution < -0.4 is 5.32 Å². The minimum absolute atomic E-state index is 0.137. The van der Waals surface area contributed by atoms with Crippen LogP contribution >= 0.6 is 0 Å². The summed E-state index contributed by atoms with van der Waals surface area (Å²) in [6, 6.07) is 4.69. The summed E-state index contributed by atoms with van der Waals surface area (Å²) in [7, 11) is -3.47. The van der Waals surface area contributed by atoms with Gasteiger partial charge in [-0.05, 0) is 51.0 Å². The number of benzene rings is 1. The average molecular weight is 407 g/mol. The van der Waals surface area contributed by atoms with E-state index in [4.69, 9.17) is 0 Å². The van der Waals surface area contributed by atoms with E-state index in [2.05, 4.69) is 5.32 Å². The van der Waals surface area contributed by atoms with Crippen LogP contribution in [0.3, 0.4) is 0 Å². The van der Waals surface area contributed by atoms with E-state index in [0.717, 1.165) is 19.1 Å². The Bertz CT molecular complexity index is 1030. The summed E-state index contributed by atoms with van der Waals surface area (Å²) in [5.41, 5.74) is 1.03. The Morgan fingerprint density at radius 1 is 1.21 bits per heavy atom. The lowest BCUT2D eigenvalue weighted by atomic mass is 9.85. The van der Waals surface area contributed by atoms with Crippen LogP contribution in [0.5, 0.6) is 0 Å². The van der Waals surface area contributed by atoms with Crippen LogP contribution in [-0.2, 0) is 9.84 Å². The van der Waals surface area contributed by atoms with Gasteiger partial charge in [-0.3, -0.25) is 4.79 Å². The molecule has 152 valence electrons. The fourth-order valence-electron chi connectivity index (χ4n) is 5.26. The fraction of sp³-hybridized carbons (Fsp3) is 0.571. The van der Waals surface area contributed by atoms with Crippen molar-refractivity contribution in [2.24, 2.45) is 11.8 Å². The number of hydrogen-bond donors (Lipinski definition) is 1. The SMILES string of the molecule is Cc1c(C(=O)NC2CC3CCC(C3)C2)c2cccc(F)c2n1C(C)S(C)(=O)=O. The van der Waals surface area contributed by atoms with E-state index in [0.29, 0.717) is 28.5 Å². The maximum absolute atomic E-state index is 14.7. The first-order valence-electron chi connectivity index (χ1n) is 9.95. The fourth-order valence-corrected chi connectivity index (χ4v) is 5.91. The van der Waals surface area contributed by atoms with Gasteiger partial charge >= 0.3 is 0 Å². The molecule has 0 radical (unpaired) electrons. The number of fused-ring (bicyclic) bond motifs is 3. The highest BCUT2D eigenvalue weighted by atomic mass is 32.2. The Kier molecular flexibility index (Phi) is 4.76. The molecule has 5 nitrogen and oxygen atoms in total. The number of nitrogens with one attached hydrogen (secondary N) is 1. The molecule has 2 bridgehead atoms. The van der Waals surface area contributed by atoms with Gasteiger partial charge in [-0.2, -0.15) is 0 Å². The van der Waals surface area contributed by atoms with E-state index >= 15 is 0 Å². The van der Waals surface area contributed by atoms with E-state index in [1.54, 1.807) is 19.1 Å². The number of rotatable bonds is 4. The molecule has 0 saturated heterocycles. The molecule has 2 fully saturated rings. The van der Waals surface area contributed by atoms with Gasteiger partial charge in [-0.1, -0.05) is 25.0 Å². The topological polar surface area (TPSA) is 68.2 Å². The highest BCUT2D eigenvalue weighted by Crippen LogP contribution is 2.42. The highest BCUT2D eigenvalue weighted by molar-refractivity contribution is 7.90. The lowest BCUT2D eigenvalue weighted by Gasteiger charge is -2.28. The average Bonchev–Trinajstić information content (AvgIpc) is 3.10. The molecule has 28 heavy (non-hydrogen) atoms. The summed E-state index contributed by atoms with van der Waals surface area (Å²) in [6.45, 7) is 3.22. The molecule has 0 aliphatic heterocycles. The van der Waals surface area contributed by atoms with Crippen LogP contribution in [0.25, 0.3) is 10.9 Å². The van der Waals surface area contributed by atoms with Crippen molar-refractivity contribution in [2.75, 3.05) is 6.26 Å². The molecule has 2 aromatic rings. The van der Waals surface area contributed by atoms with Gasteiger partial charge in [0.1, 0.15) is 11.2 Å². The Morgan fingerprint density at radius 2 is 1.86 bits per heavy atom. The molecular formula is C21H27FN2O3S. The van der Waals surface area contributed by atoms with Crippen molar-refractivity contribution in [1.82, 2.24) is 9.88 Å². The third kappa shape index (κ3) is 3.23. The Morgan fingerprint density at radius 3 is 2.46 bits per heavy atom. The summed E-state index contributed by atoms with van der Waals surface area (Å²) in [4.78, 5) is 13.2. The van der Waals surface area contributed by atoms with E-state index in [-0.39, 0.29) is 17.5 Å². The highest BCUT2D eigenvalue weighted by Gasteiger charge is 2.35. The molecule has 1 N–H and O–H groups in total. The second kappa shape index (κ2) is 6.87. The van der Waals surface area contributed by atoms with Crippen LogP contribution in [0.15, 0.2) is 18.2 Å². The summed E-state index contributed by atoms with van der Waals surface area (Å²) in [6.07, 6.45) is 6.87. The van der Waals surface area contributed by atoms with Crippen molar-refractivity contribution in [3.8, 4) is 0 Å². The first-order chi connectivity index (χ1) is 13.2. The zero-order valence-electron chi connectivity index (χ0n) is 16.5. The molecular weight excluding hydrogens is 379 g/mol. The number of hydrogen-bond acceptors (Lipinski definition) is 3. The zero-order chi connectivity index (χ0) is 20.2. The smallest absolute Gasteiger partial charge is 0.253 e. The second-order valence-corrected chi connectivity index (χ2v) is 10.9. The zero-order valence-corrected chi connectivity index (χ0v) is 17.4. The van der Waals surface area contributed by atoms with Gasteiger partial charge in [-0.25, -0.2) is 12.8 Å². The summed E-state index contributed by atoms with van der Waals surface area (Å²) in [5, 5.41) is 2.66. The van der Waals surface area contributed by atoms with Crippen LogP contribution in [0, 0.1) is 24.6 Å². The van der Waals surface area contributed by atoms with Gasteiger partial charge < -0.3 is 9.88 Å². The molecule has 2 aliphatic carbocycles. The third-order valence-electron chi connectivity index (χ3n) is 6.65. The number of aromatic nitrogens is 1. The second-order valence-electron chi connectivity index (χ2n) is 8.58. The Labute approximate surface area is 165 Å². The number of halogens is 1. The lowest BCUT2D eigenvalue weighted by Crippen LogP contribution is -2.39. The summed E-state index contributed by atoms with van der Waals surface area (Å²) < 4.78 is 40.5. The number of nitrogens with zero attached hydrogens (tertiary/aromatic N) is 1. The van der Waals surface area contributed by atoms with Crippen molar-refractivity contribution >= 4 is 26.6 Å². The van der Waals surface area contributed by atoms with Gasteiger partial charge in [0.05, 0.1) is 11.1 Å². The van der Waals surface area contributed by atoms with Gasteiger partial charge in [0, 0.05) is 23.4 Å². The minimum atomic E-state index is -3.47. The number of sulfone groups is 1. The van der Waals surface area contributed by atoms with Crippen molar-refractivity contribution in [3.63, 3.8) is 0 Å². The largest absolute Gasteiger partial charge is 0.349 e. The monoisotopic (exact) mass is 406 g/mol. The summed E-state index contributed by atoms with van der Waals surface area (Å²) in [5.74, 6) is 0.619. The molecule has 0 spiro atoms. The molecule has 3 unspecified atom stereocenters. The maximum Gasteiger partial charge on any atom is 0.253 e. The molecule has 1 aromatic carbocycles. The van der Waals surface area contributed by atoms with Crippen LogP contribution in [0.2, 0.25) is 0 Å². The predicted molar refractivity (Wildman–Crippen MR) is 108 cm³/mol. The molecule has 3 atom stereocenters. The molecule has 4 rings (SSSR count). The maximum atomic E-state index is 14.7. The van der Waals surface area contributed by atoms with E-state index in [1.165, 1.54) is 36.8 Å². The third-order valence-corrected chi connectivity index (χ3v) is 8.10. The van der Waals surface area contributed by atoms with Gasteiger partial charge in [0.25, 0.3) is 5.91 Å². The minimum Gasteiger partial charge on any atom is -0.349 e. The van der Waals surface area contributed by atoms with Crippen LogP contribution in [0.1, 0.15) is 60.5 Å². The van der Waals surface area contributed by atoms with Crippen molar-refractivity contribution < 1.29 is 17.6 Å². The Balaban J connectivity index is 1.76. The van der Waals surface area contributed by atoms with Crippen LogP contribution in [0.4, 0.5) is 4.39 Å². The first-order valence-corrected chi connectivity index (χ1v) is 11.9. The molecule has 2 saturated carbocycles. The molecule has 2 aliphatic rings. The van der Waals surface area contributed by atoms with Gasteiger partial charge in [-0.15, -0.1) is 0 Å². The van der Waals surface area contributed by atoms with Crippen molar-refractivity contribution in [3.05, 3.63) is 35.3 Å². The lowest BCUT2D eigenvalue weighted by molar-refractivity contribution is 0.0919. The number of carbonyl (C=O) groups is 1. The number of carbonyl (C=O) groups excluding carboxylic acids is 1. The molecule has 7 heteroatoms. The van der Waals surface area contributed by atoms with Crippen LogP contribution in [-0.4, -0.2) is 31.2 Å². The standard InChI is InChI=1S/C21H27FN2O3S/c1-12-19(21(25)23-16-10-14-7-8-15(9-14)11-16)17-5-4-6-18(22)20(17)24(12)13(2)28(3,26)27/h4-6,13-16H,7-11H2,1-3H3,(H,23,25). The van der Waals surface area contributed by atoms with E-state index in [1.807, 2.05) is 0 Å². The van der Waals surface area contributed by atoms with Gasteiger partial charge in [0.2, 0.25) is 0 Å². The quantitative estimate of drug-likeness (QED) is 0.836. The number of para-hydroxylation sites is 1. The van der Waals surface area contributed by atoms with Crippen molar-refractivity contribution in [2.45, 2.75) is 57.4 Å². The van der Waals surface area contributed by atoms with Gasteiger partial charge in [0.15, 0.2) is 9.84 Å². The molecule has 1 heterocycles. The van der Waals surface area contributed by atoms with E-state index < -0.39 is 21.0 Å². The Hall–Kier alpha value is -1.89. The normalized spacial score (nSPS) is 25.8. The molecule has 1 amide bonds.